The lowest BCUT2D eigenvalue weighted by molar-refractivity contribution is -0.119. The van der Waals surface area contributed by atoms with Crippen molar-refractivity contribution in [2.75, 3.05) is 12.4 Å². The van der Waals surface area contributed by atoms with Crippen LogP contribution in [0.3, 0.4) is 0 Å². The van der Waals surface area contributed by atoms with Crippen molar-refractivity contribution in [3.63, 3.8) is 0 Å². The summed E-state index contributed by atoms with van der Waals surface area (Å²) < 4.78 is 5.15. The van der Waals surface area contributed by atoms with Crippen LogP contribution in [0.4, 0.5) is 5.69 Å². The molecule has 0 aromatic heterocycles. The zero-order valence-electron chi connectivity index (χ0n) is 11.7. The number of ether oxygens (including phenoxy) is 1. The second-order valence-electron chi connectivity index (χ2n) is 5.33. The summed E-state index contributed by atoms with van der Waals surface area (Å²) in [7, 11) is 1.48. The van der Waals surface area contributed by atoms with Crippen LogP contribution in [0.5, 0.6) is 5.75 Å². The number of hydrogen-bond acceptors (Lipinski definition) is 4. The van der Waals surface area contributed by atoms with E-state index in [0.29, 0.717) is 17.0 Å². The van der Waals surface area contributed by atoms with Crippen molar-refractivity contribution in [1.82, 2.24) is 0 Å². The molecular formula is C14H19N3O2. The summed E-state index contributed by atoms with van der Waals surface area (Å²) in [6, 6.07) is 6.32. The third-order valence-corrected chi connectivity index (χ3v) is 2.83. The Morgan fingerprint density at radius 3 is 2.58 bits per heavy atom. The number of amides is 1. The maximum atomic E-state index is 12.1. The molecular weight excluding hydrogens is 242 g/mol. The molecule has 0 aliphatic rings. The number of rotatable bonds is 3. The van der Waals surface area contributed by atoms with Crippen molar-refractivity contribution < 1.29 is 9.53 Å². The molecule has 102 valence electrons. The van der Waals surface area contributed by atoms with Gasteiger partial charge in [0.05, 0.1) is 18.7 Å². The molecule has 1 aromatic carbocycles. The first-order valence-corrected chi connectivity index (χ1v) is 5.94. The number of methoxy groups -OCH3 is 1. The maximum absolute atomic E-state index is 12.1. The molecule has 0 spiro atoms. The number of anilines is 1. The van der Waals surface area contributed by atoms with Crippen LogP contribution < -0.4 is 15.8 Å². The number of para-hydroxylation sites is 1. The Morgan fingerprint density at radius 2 is 2.11 bits per heavy atom. The monoisotopic (exact) mass is 261 g/mol. The van der Waals surface area contributed by atoms with E-state index in [1.807, 2.05) is 26.8 Å². The van der Waals surface area contributed by atoms with Gasteiger partial charge in [0.2, 0.25) is 5.91 Å². The molecule has 0 fully saturated rings. The molecule has 1 rings (SSSR count). The fourth-order valence-electron chi connectivity index (χ4n) is 1.52. The highest BCUT2D eigenvalue weighted by molar-refractivity contribution is 5.97. The van der Waals surface area contributed by atoms with Gasteiger partial charge in [-0.3, -0.25) is 4.79 Å². The van der Waals surface area contributed by atoms with Crippen molar-refractivity contribution in [2.24, 2.45) is 11.1 Å². The van der Waals surface area contributed by atoms with Crippen LogP contribution in [0.25, 0.3) is 0 Å². The molecule has 0 aliphatic carbocycles. The fraction of sp³-hybridized carbons (Fsp3) is 0.429. The molecule has 0 saturated carbocycles. The standard InChI is InChI=1S/C14H19N3O2/c1-14(2,3)12(16)13(18)17-11-9(8-15)6-5-7-10(11)19-4/h5-7,12H,16H2,1-4H3,(H,17,18)/t12-/m0/s1. The lowest BCUT2D eigenvalue weighted by Crippen LogP contribution is -2.45. The van der Waals surface area contributed by atoms with E-state index < -0.39 is 6.04 Å². The molecule has 0 saturated heterocycles. The predicted molar refractivity (Wildman–Crippen MR) is 73.8 cm³/mol. The van der Waals surface area contributed by atoms with Gasteiger partial charge in [0.15, 0.2) is 0 Å². The minimum absolute atomic E-state index is 0.339. The van der Waals surface area contributed by atoms with Crippen LogP contribution in [-0.2, 0) is 4.79 Å². The number of carbonyl (C=O) groups excluding carboxylic acids is 1. The van der Waals surface area contributed by atoms with Crippen molar-refractivity contribution in [2.45, 2.75) is 26.8 Å². The average Bonchev–Trinajstić information content (AvgIpc) is 2.36. The zero-order valence-corrected chi connectivity index (χ0v) is 11.7. The van der Waals surface area contributed by atoms with Crippen LogP contribution in [0, 0.1) is 16.7 Å². The van der Waals surface area contributed by atoms with Gasteiger partial charge in [-0.2, -0.15) is 5.26 Å². The second kappa shape index (κ2) is 5.72. The van der Waals surface area contributed by atoms with E-state index in [9.17, 15) is 4.79 Å². The predicted octanol–water partition coefficient (Wildman–Crippen LogP) is 1.88. The number of benzene rings is 1. The molecule has 5 heteroatoms. The van der Waals surface area contributed by atoms with Gasteiger partial charge in [0.1, 0.15) is 17.5 Å². The highest BCUT2D eigenvalue weighted by atomic mass is 16.5. The Bertz CT molecular complexity index is 512. The van der Waals surface area contributed by atoms with E-state index in [1.165, 1.54) is 7.11 Å². The van der Waals surface area contributed by atoms with Gasteiger partial charge in [-0.05, 0) is 17.5 Å². The van der Waals surface area contributed by atoms with E-state index in [-0.39, 0.29) is 11.3 Å². The van der Waals surface area contributed by atoms with Crippen molar-refractivity contribution in [1.29, 1.82) is 5.26 Å². The molecule has 19 heavy (non-hydrogen) atoms. The minimum atomic E-state index is -0.677. The quantitative estimate of drug-likeness (QED) is 0.869. The first-order valence-electron chi connectivity index (χ1n) is 5.94. The van der Waals surface area contributed by atoms with Gasteiger partial charge < -0.3 is 15.8 Å². The smallest absolute Gasteiger partial charge is 0.241 e. The summed E-state index contributed by atoms with van der Waals surface area (Å²) in [5.74, 6) is 0.0991. The van der Waals surface area contributed by atoms with Crippen LogP contribution in [-0.4, -0.2) is 19.1 Å². The molecule has 1 aromatic rings. The van der Waals surface area contributed by atoms with Crippen LogP contribution in [0.15, 0.2) is 18.2 Å². The van der Waals surface area contributed by atoms with Gasteiger partial charge in [0.25, 0.3) is 0 Å². The van der Waals surface area contributed by atoms with Crippen molar-refractivity contribution in [3.8, 4) is 11.8 Å². The molecule has 0 unspecified atom stereocenters. The second-order valence-corrected chi connectivity index (χ2v) is 5.33. The molecule has 1 amide bonds. The summed E-state index contributed by atoms with van der Waals surface area (Å²) in [4.78, 5) is 12.1. The fourth-order valence-corrected chi connectivity index (χ4v) is 1.52. The summed E-state index contributed by atoms with van der Waals surface area (Å²) in [5.41, 5.74) is 6.23. The normalized spacial score (nSPS) is 12.4. The Kier molecular flexibility index (Phi) is 4.52. The Hall–Kier alpha value is -2.06. The van der Waals surface area contributed by atoms with Gasteiger partial charge in [0, 0.05) is 0 Å². The molecule has 5 nitrogen and oxygen atoms in total. The topological polar surface area (TPSA) is 88.1 Å². The molecule has 0 heterocycles. The number of carbonyl (C=O) groups is 1. The molecule has 0 aliphatic heterocycles. The van der Waals surface area contributed by atoms with Crippen LogP contribution in [0.1, 0.15) is 26.3 Å². The van der Waals surface area contributed by atoms with Gasteiger partial charge in [-0.1, -0.05) is 26.8 Å². The van der Waals surface area contributed by atoms with E-state index in [1.54, 1.807) is 18.2 Å². The summed E-state index contributed by atoms with van der Waals surface area (Å²) >= 11 is 0. The average molecular weight is 261 g/mol. The van der Waals surface area contributed by atoms with Crippen molar-refractivity contribution >= 4 is 11.6 Å². The molecule has 1 atom stereocenters. The molecule has 3 N–H and O–H groups in total. The number of nitrogens with zero attached hydrogens (tertiary/aromatic N) is 1. The van der Waals surface area contributed by atoms with E-state index >= 15 is 0 Å². The van der Waals surface area contributed by atoms with Crippen LogP contribution in [0.2, 0.25) is 0 Å². The summed E-state index contributed by atoms with van der Waals surface area (Å²) in [5, 5.41) is 11.7. The Balaban J connectivity index is 3.06. The van der Waals surface area contributed by atoms with E-state index in [4.69, 9.17) is 15.7 Å². The Morgan fingerprint density at radius 1 is 1.47 bits per heavy atom. The maximum Gasteiger partial charge on any atom is 0.241 e. The van der Waals surface area contributed by atoms with Crippen LogP contribution >= 0.6 is 0 Å². The molecule has 0 radical (unpaired) electrons. The first kappa shape index (κ1) is 15.0. The first-order chi connectivity index (χ1) is 8.81. The lowest BCUT2D eigenvalue weighted by Gasteiger charge is -2.26. The van der Waals surface area contributed by atoms with Gasteiger partial charge in [-0.25, -0.2) is 0 Å². The Labute approximate surface area is 113 Å². The zero-order chi connectivity index (χ0) is 14.6. The SMILES string of the molecule is COc1cccc(C#N)c1NC(=O)[C@H](N)C(C)(C)C. The lowest BCUT2D eigenvalue weighted by atomic mass is 9.87. The number of nitrogens with two attached hydrogens (primary N) is 1. The number of nitriles is 1. The third-order valence-electron chi connectivity index (χ3n) is 2.83. The minimum Gasteiger partial charge on any atom is -0.495 e. The van der Waals surface area contributed by atoms with Gasteiger partial charge >= 0.3 is 0 Å². The van der Waals surface area contributed by atoms with E-state index in [0.717, 1.165) is 0 Å². The van der Waals surface area contributed by atoms with E-state index in [2.05, 4.69) is 5.32 Å². The number of nitrogens with one attached hydrogen (secondary N) is 1. The summed E-state index contributed by atoms with van der Waals surface area (Å²) in [6.45, 7) is 5.64. The molecule has 0 bridgehead atoms. The highest BCUT2D eigenvalue weighted by Crippen LogP contribution is 2.29. The summed E-state index contributed by atoms with van der Waals surface area (Å²) in [6.07, 6.45) is 0. The largest absolute Gasteiger partial charge is 0.495 e. The van der Waals surface area contributed by atoms with Gasteiger partial charge in [-0.15, -0.1) is 0 Å². The third kappa shape index (κ3) is 3.46. The number of hydrogen-bond donors (Lipinski definition) is 2. The highest BCUT2D eigenvalue weighted by Gasteiger charge is 2.28. The van der Waals surface area contributed by atoms with Crippen molar-refractivity contribution in [3.05, 3.63) is 23.8 Å².